The lowest BCUT2D eigenvalue weighted by Gasteiger charge is -2.05. The van der Waals surface area contributed by atoms with Gasteiger partial charge in [0, 0.05) is 12.6 Å². The second kappa shape index (κ2) is 5.89. The van der Waals surface area contributed by atoms with Gasteiger partial charge in [0.1, 0.15) is 0 Å². The highest BCUT2D eigenvalue weighted by molar-refractivity contribution is 5.14. The standard InChI is InChI=1S/C13H19NO/c1-2-4-12(5-3-1)8-10-15-11-9-14-13-6-7-13/h1-5,13-14H,6-11H2. The first-order valence-electron chi connectivity index (χ1n) is 5.80. The highest BCUT2D eigenvalue weighted by Gasteiger charge is 2.19. The van der Waals surface area contributed by atoms with Gasteiger partial charge in [-0.3, -0.25) is 0 Å². The summed E-state index contributed by atoms with van der Waals surface area (Å²) in [4.78, 5) is 0. The number of nitrogens with one attached hydrogen (secondary N) is 1. The fourth-order valence-electron chi connectivity index (χ4n) is 1.56. The number of hydrogen-bond donors (Lipinski definition) is 1. The molecular formula is C13H19NO. The Balaban J connectivity index is 1.47. The van der Waals surface area contributed by atoms with Crippen molar-refractivity contribution in [1.29, 1.82) is 0 Å². The first kappa shape index (κ1) is 10.7. The number of ether oxygens (including phenoxy) is 1. The SMILES string of the molecule is c1ccc(CCOCCNC2CC2)cc1. The van der Waals surface area contributed by atoms with E-state index in [0.29, 0.717) is 0 Å². The van der Waals surface area contributed by atoms with Crippen LogP contribution in [0.3, 0.4) is 0 Å². The molecule has 0 heterocycles. The van der Waals surface area contributed by atoms with Crippen LogP contribution in [0.1, 0.15) is 18.4 Å². The Hall–Kier alpha value is -0.860. The van der Waals surface area contributed by atoms with Crippen molar-refractivity contribution < 1.29 is 4.74 Å². The largest absolute Gasteiger partial charge is 0.380 e. The van der Waals surface area contributed by atoms with Crippen molar-refractivity contribution in [2.24, 2.45) is 0 Å². The van der Waals surface area contributed by atoms with Gasteiger partial charge in [-0.15, -0.1) is 0 Å². The third-order valence-electron chi connectivity index (χ3n) is 2.63. The van der Waals surface area contributed by atoms with Crippen LogP contribution in [0, 0.1) is 0 Å². The van der Waals surface area contributed by atoms with Crippen LogP contribution in [0.15, 0.2) is 30.3 Å². The van der Waals surface area contributed by atoms with Crippen molar-refractivity contribution in [3.8, 4) is 0 Å². The normalized spacial score (nSPS) is 15.5. The molecule has 0 unspecified atom stereocenters. The molecule has 1 aliphatic rings. The number of rotatable bonds is 7. The summed E-state index contributed by atoms with van der Waals surface area (Å²) in [7, 11) is 0. The smallest absolute Gasteiger partial charge is 0.0591 e. The molecule has 0 spiro atoms. The molecule has 2 rings (SSSR count). The molecule has 0 amide bonds. The average molecular weight is 205 g/mol. The minimum absolute atomic E-state index is 0.794. The molecule has 1 fully saturated rings. The Bertz CT molecular complexity index is 269. The van der Waals surface area contributed by atoms with E-state index >= 15 is 0 Å². The average Bonchev–Trinajstić information content (AvgIpc) is 3.09. The van der Waals surface area contributed by atoms with Gasteiger partial charge in [-0.05, 0) is 24.8 Å². The number of benzene rings is 1. The molecule has 1 aromatic carbocycles. The summed E-state index contributed by atoms with van der Waals surface area (Å²) in [6.45, 7) is 2.67. The van der Waals surface area contributed by atoms with Crippen LogP contribution in [0.2, 0.25) is 0 Å². The summed E-state index contributed by atoms with van der Waals surface area (Å²) in [5.74, 6) is 0. The zero-order valence-electron chi connectivity index (χ0n) is 9.11. The van der Waals surface area contributed by atoms with Gasteiger partial charge in [0.25, 0.3) is 0 Å². The monoisotopic (exact) mass is 205 g/mol. The molecule has 0 bridgehead atoms. The lowest BCUT2D eigenvalue weighted by Crippen LogP contribution is -2.22. The summed E-state index contributed by atoms with van der Waals surface area (Å²) in [6, 6.07) is 11.3. The summed E-state index contributed by atoms with van der Waals surface area (Å²) in [5.41, 5.74) is 1.35. The summed E-state index contributed by atoms with van der Waals surface area (Å²) >= 11 is 0. The maximum atomic E-state index is 5.55. The summed E-state index contributed by atoms with van der Waals surface area (Å²) < 4.78 is 5.55. The lowest BCUT2D eigenvalue weighted by atomic mass is 10.2. The molecule has 1 saturated carbocycles. The van der Waals surface area contributed by atoms with Gasteiger partial charge in [0.05, 0.1) is 13.2 Å². The van der Waals surface area contributed by atoms with Crippen molar-refractivity contribution in [3.05, 3.63) is 35.9 Å². The van der Waals surface area contributed by atoms with Gasteiger partial charge < -0.3 is 10.1 Å². The first-order chi connectivity index (χ1) is 7.45. The van der Waals surface area contributed by atoms with E-state index in [1.807, 2.05) is 6.07 Å². The van der Waals surface area contributed by atoms with E-state index in [0.717, 1.165) is 32.2 Å². The van der Waals surface area contributed by atoms with Crippen LogP contribution in [0.5, 0.6) is 0 Å². The third kappa shape index (κ3) is 4.45. The Labute approximate surface area is 91.6 Å². The molecular weight excluding hydrogens is 186 g/mol. The maximum Gasteiger partial charge on any atom is 0.0591 e. The molecule has 0 aromatic heterocycles. The molecule has 0 radical (unpaired) electrons. The molecule has 15 heavy (non-hydrogen) atoms. The van der Waals surface area contributed by atoms with Crippen LogP contribution in [-0.4, -0.2) is 25.8 Å². The first-order valence-corrected chi connectivity index (χ1v) is 5.80. The van der Waals surface area contributed by atoms with Gasteiger partial charge in [-0.1, -0.05) is 30.3 Å². The van der Waals surface area contributed by atoms with E-state index in [1.165, 1.54) is 18.4 Å². The Morgan fingerprint density at radius 2 is 1.93 bits per heavy atom. The molecule has 0 aliphatic heterocycles. The van der Waals surface area contributed by atoms with Crippen LogP contribution in [-0.2, 0) is 11.2 Å². The Morgan fingerprint density at radius 1 is 1.13 bits per heavy atom. The van der Waals surface area contributed by atoms with E-state index in [4.69, 9.17) is 4.74 Å². The topological polar surface area (TPSA) is 21.3 Å². The molecule has 1 N–H and O–H groups in total. The van der Waals surface area contributed by atoms with Crippen LogP contribution in [0.25, 0.3) is 0 Å². The fraction of sp³-hybridized carbons (Fsp3) is 0.538. The van der Waals surface area contributed by atoms with E-state index in [1.54, 1.807) is 0 Å². The van der Waals surface area contributed by atoms with Crippen LogP contribution >= 0.6 is 0 Å². The van der Waals surface area contributed by atoms with Gasteiger partial charge >= 0.3 is 0 Å². The third-order valence-corrected chi connectivity index (χ3v) is 2.63. The van der Waals surface area contributed by atoms with E-state index in [-0.39, 0.29) is 0 Å². The van der Waals surface area contributed by atoms with Crippen molar-refractivity contribution in [3.63, 3.8) is 0 Å². The molecule has 82 valence electrons. The minimum atomic E-state index is 0.794. The van der Waals surface area contributed by atoms with Crippen LogP contribution < -0.4 is 5.32 Å². The Kier molecular flexibility index (Phi) is 4.18. The quantitative estimate of drug-likeness (QED) is 0.687. The van der Waals surface area contributed by atoms with E-state index in [2.05, 4.69) is 29.6 Å². The van der Waals surface area contributed by atoms with Gasteiger partial charge in [0.2, 0.25) is 0 Å². The maximum absolute atomic E-state index is 5.55. The second-order valence-electron chi connectivity index (χ2n) is 4.08. The minimum Gasteiger partial charge on any atom is -0.380 e. The summed E-state index contributed by atoms with van der Waals surface area (Å²) in [6.07, 6.45) is 3.72. The fourth-order valence-corrected chi connectivity index (χ4v) is 1.56. The highest BCUT2D eigenvalue weighted by Crippen LogP contribution is 2.17. The molecule has 0 atom stereocenters. The van der Waals surface area contributed by atoms with E-state index < -0.39 is 0 Å². The van der Waals surface area contributed by atoms with Gasteiger partial charge in [-0.25, -0.2) is 0 Å². The van der Waals surface area contributed by atoms with Crippen molar-refractivity contribution in [2.45, 2.75) is 25.3 Å². The molecule has 0 saturated heterocycles. The predicted molar refractivity (Wildman–Crippen MR) is 62.0 cm³/mol. The van der Waals surface area contributed by atoms with Crippen molar-refractivity contribution >= 4 is 0 Å². The zero-order chi connectivity index (χ0) is 10.3. The van der Waals surface area contributed by atoms with Crippen molar-refractivity contribution in [2.75, 3.05) is 19.8 Å². The molecule has 2 nitrogen and oxygen atoms in total. The highest BCUT2D eigenvalue weighted by atomic mass is 16.5. The molecule has 2 heteroatoms. The van der Waals surface area contributed by atoms with Gasteiger partial charge in [0.15, 0.2) is 0 Å². The molecule has 1 aromatic rings. The van der Waals surface area contributed by atoms with E-state index in [9.17, 15) is 0 Å². The Morgan fingerprint density at radius 3 is 2.67 bits per heavy atom. The lowest BCUT2D eigenvalue weighted by molar-refractivity contribution is 0.138. The zero-order valence-corrected chi connectivity index (χ0v) is 9.11. The summed E-state index contributed by atoms with van der Waals surface area (Å²) in [5, 5.41) is 3.43. The predicted octanol–water partition coefficient (Wildman–Crippen LogP) is 2.00. The number of hydrogen-bond acceptors (Lipinski definition) is 2. The molecule has 1 aliphatic carbocycles. The van der Waals surface area contributed by atoms with Crippen LogP contribution in [0.4, 0.5) is 0 Å². The van der Waals surface area contributed by atoms with Gasteiger partial charge in [-0.2, -0.15) is 0 Å². The van der Waals surface area contributed by atoms with Crippen molar-refractivity contribution in [1.82, 2.24) is 5.32 Å². The second-order valence-corrected chi connectivity index (χ2v) is 4.08.